The Balaban J connectivity index is 1.30. The first-order chi connectivity index (χ1) is 14.8. The first-order valence-corrected chi connectivity index (χ1v) is 10.6. The van der Waals surface area contributed by atoms with Crippen molar-refractivity contribution in [2.24, 2.45) is 0 Å². The van der Waals surface area contributed by atoms with Gasteiger partial charge >= 0.3 is 0 Å². The Morgan fingerprint density at radius 3 is 2.83 bits per heavy atom. The number of fused-ring (bicyclic) bond motifs is 1. The van der Waals surface area contributed by atoms with Crippen molar-refractivity contribution in [2.75, 3.05) is 19.6 Å². The Hall–Kier alpha value is -3.06. The van der Waals surface area contributed by atoms with E-state index in [0.29, 0.717) is 18.3 Å². The third-order valence-corrected chi connectivity index (χ3v) is 6.03. The van der Waals surface area contributed by atoms with Crippen LogP contribution >= 0.6 is 0 Å². The number of rotatable bonds is 4. The van der Waals surface area contributed by atoms with Gasteiger partial charge < -0.3 is 9.32 Å². The average Bonchev–Trinajstić information content (AvgIpc) is 3.30. The second-order valence-electron chi connectivity index (χ2n) is 8.02. The summed E-state index contributed by atoms with van der Waals surface area (Å²) in [6.45, 7) is 2.89. The Morgan fingerprint density at radius 1 is 1.07 bits per heavy atom. The minimum atomic E-state index is -0.152. The second kappa shape index (κ2) is 8.36. The van der Waals surface area contributed by atoms with Crippen LogP contribution in [0.1, 0.15) is 42.3 Å². The minimum Gasteiger partial charge on any atom is -0.418 e. The fraction of sp³-hybridized carbons (Fsp3) is 0.391. The van der Waals surface area contributed by atoms with Gasteiger partial charge in [0.25, 0.3) is 0 Å². The monoisotopic (exact) mass is 403 g/mol. The summed E-state index contributed by atoms with van der Waals surface area (Å²) in [6, 6.07) is 12.1. The quantitative estimate of drug-likeness (QED) is 0.666. The highest BCUT2D eigenvalue weighted by molar-refractivity contribution is 5.78. The Kier molecular flexibility index (Phi) is 5.27. The topological polar surface area (TPSA) is 75.4 Å². The molecule has 0 aliphatic carbocycles. The van der Waals surface area contributed by atoms with E-state index in [-0.39, 0.29) is 11.9 Å². The molecule has 4 heterocycles. The lowest BCUT2D eigenvalue weighted by molar-refractivity contribution is -0.137. The van der Waals surface area contributed by atoms with Gasteiger partial charge in [-0.25, -0.2) is 0 Å². The molecule has 0 bridgehead atoms. The van der Waals surface area contributed by atoms with Gasteiger partial charge in [0, 0.05) is 32.0 Å². The van der Waals surface area contributed by atoms with Gasteiger partial charge in [-0.3, -0.25) is 14.7 Å². The van der Waals surface area contributed by atoms with E-state index in [1.54, 1.807) is 12.4 Å². The van der Waals surface area contributed by atoms with Gasteiger partial charge in [-0.1, -0.05) is 24.3 Å². The number of hydrogen-bond acceptors (Lipinski definition) is 6. The number of hydrogen-bond donors (Lipinski definition) is 0. The molecule has 1 atom stereocenters. The van der Waals surface area contributed by atoms with Gasteiger partial charge in [-0.05, 0) is 48.9 Å². The normalized spacial score (nSPS) is 19.5. The second-order valence-corrected chi connectivity index (χ2v) is 8.02. The highest BCUT2D eigenvalue weighted by Crippen LogP contribution is 2.32. The number of carbonyl (C=O) groups excluding carboxylic acids is 1. The van der Waals surface area contributed by atoms with E-state index in [2.05, 4.69) is 44.3 Å². The van der Waals surface area contributed by atoms with Crippen molar-refractivity contribution >= 4 is 5.91 Å². The maximum absolute atomic E-state index is 13.2. The third-order valence-electron chi connectivity index (χ3n) is 6.03. The van der Waals surface area contributed by atoms with Gasteiger partial charge in [0.15, 0.2) is 0 Å². The number of carbonyl (C=O) groups is 1. The standard InChI is InChI=1S/C23H25N5O2/c29-21(16-27-13-10-17-6-1-2-7-19(17)15-27)28-12-4-3-9-20(28)23-26-25-22(30-23)18-8-5-11-24-14-18/h1-2,5-8,11,14,20H,3-4,9-10,12-13,15-16H2/t20-/m0/s1. The van der Waals surface area contributed by atoms with E-state index in [4.69, 9.17) is 4.42 Å². The molecular formula is C23H25N5O2. The Bertz CT molecular complexity index is 1020. The highest BCUT2D eigenvalue weighted by atomic mass is 16.4. The zero-order valence-electron chi connectivity index (χ0n) is 16.9. The summed E-state index contributed by atoms with van der Waals surface area (Å²) in [6.07, 6.45) is 7.32. The van der Waals surface area contributed by atoms with E-state index in [0.717, 1.165) is 50.9 Å². The summed E-state index contributed by atoms with van der Waals surface area (Å²) in [5, 5.41) is 8.46. The van der Waals surface area contributed by atoms with Crippen molar-refractivity contribution in [2.45, 2.75) is 38.3 Å². The van der Waals surface area contributed by atoms with E-state index in [1.807, 2.05) is 17.0 Å². The molecule has 1 fully saturated rings. The SMILES string of the molecule is O=C(CN1CCc2ccccc2C1)N1CCCC[C@H]1c1nnc(-c2cccnc2)o1. The molecule has 7 heteroatoms. The van der Waals surface area contributed by atoms with E-state index in [1.165, 1.54) is 11.1 Å². The lowest BCUT2D eigenvalue weighted by atomic mass is 9.99. The number of pyridine rings is 1. The molecule has 1 aromatic carbocycles. The molecule has 3 aromatic rings. The number of amides is 1. The molecule has 0 radical (unpaired) electrons. The molecule has 154 valence electrons. The van der Waals surface area contributed by atoms with Crippen molar-refractivity contribution < 1.29 is 9.21 Å². The molecule has 2 aromatic heterocycles. The fourth-order valence-corrected chi connectivity index (χ4v) is 4.43. The van der Waals surface area contributed by atoms with Crippen LogP contribution in [0, 0.1) is 0 Å². The zero-order chi connectivity index (χ0) is 20.3. The maximum atomic E-state index is 13.2. The van der Waals surface area contributed by atoms with Crippen molar-refractivity contribution in [3.8, 4) is 11.5 Å². The van der Waals surface area contributed by atoms with Crippen LogP contribution in [-0.2, 0) is 17.8 Å². The summed E-state index contributed by atoms with van der Waals surface area (Å²) in [5.74, 6) is 1.11. The number of aromatic nitrogens is 3. The predicted molar refractivity (Wildman–Crippen MR) is 111 cm³/mol. The van der Waals surface area contributed by atoms with Crippen LogP contribution in [0.25, 0.3) is 11.5 Å². The van der Waals surface area contributed by atoms with Crippen LogP contribution in [0.2, 0.25) is 0 Å². The van der Waals surface area contributed by atoms with E-state index < -0.39 is 0 Å². The first kappa shape index (κ1) is 18.9. The number of piperidine rings is 1. The van der Waals surface area contributed by atoms with Crippen molar-refractivity contribution in [3.63, 3.8) is 0 Å². The Morgan fingerprint density at radius 2 is 1.97 bits per heavy atom. The number of likely N-dealkylation sites (tertiary alicyclic amines) is 1. The molecule has 7 nitrogen and oxygen atoms in total. The van der Waals surface area contributed by atoms with Gasteiger partial charge in [-0.15, -0.1) is 10.2 Å². The lowest BCUT2D eigenvalue weighted by Gasteiger charge is -2.36. The number of benzene rings is 1. The predicted octanol–water partition coefficient (Wildman–Crippen LogP) is 3.24. The summed E-state index contributed by atoms with van der Waals surface area (Å²) in [5.41, 5.74) is 3.51. The molecule has 0 saturated carbocycles. The first-order valence-electron chi connectivity index (χ1n) is 10.6. The Labute approximate surface area is 175 Å². The van der Waals surface area contributed by atoms with Crippen LogP contribution in [-0.4, -0.2) is 50.5 Å². The molecule has 1 amide bonds. The average molecular weight is 403 g/mol. The van der Waals surface area contributed by atoms with Crippen LogP contribution in [0.5, 0.6) is 0 Å². The van der Waals surface area contributed by atoms with Gasteiger partial charge in [-0.2, -0.15) is 0 Å². The molecule has 2 aliphatic heterocycles. The van der Waals surface area contributed by atoms with E-state index >= 15 is 0 Å². The third kappa shape index (κ3) is 3.85. The summed E-state index contributed by atoms with van der Waals surface area (Å²) >= 11 is 0. The minimum absolute atomic E-state index is 0.139. The smallest absolute Gasteiger partial charge is 0.249 e. The van der Waals surface area contributed by atoms with Crippen LogP contribution in [0.3, 0.4) is 0 Å². The maximum Gasteiger partial charge on any atom is 0.249 e. The largest absolute Gasteiger partial charge is 0.418 e. The van der Waals surface area contributed by atoms with Gasteiger partial charge in [0.05, 0.1) is 12.1 Å². The molecule has 1 saturated heterocycles. The molecule has 0 N–H and O–H groups in total. The van der Waals surface area contributed by atoms with Crippen molar-refractivity contribution in [1.82, 2.24) is 25.0 Å². The highest BCUT2D eigenvalue weighted by Gasteiger charge is 2.33. The fourth-order valence-electron chi connectivity index (χ4n) is 4.43. The van der Waals surface area contributed by atoms with Gasteiger partial charge in [0.1, 0.15) is 6.04 Å². The van der Waals surface area contributed by atoms with Crippen LogP contribution in [0.15, 0.2) is 53.2 Å². The molecular weight excluding hydrogens is 378 g/mol. The van der Waals surface area contributed by atoms with Gasteiger partial charge in [0.2, 0.25) is 17.7 Å². The molecule has 0 spiro atoms. The molecule has 2 aliphatic rings. The van der Waals surface area contributed by atoms with Crippen LogP contribution in [0.4, 0.5) is 0 Å². The molecule has 30 heavy (non-hydrogen) atoms. The summed E-state index contributed by atoms with van der Waals surface area (Å²) in [4.78, 5) is 21.5. The molecule has 0 unspecified atom stereocenters. The molecule has 5 rings (SSSR count). The zero-order valence-corrected chi connectivity index (χ0v) is 16.9. The van der Waals surface area contributed by atoms with Crippen molar-refractivity contribution in [1.29, 1.82) is 0 Å². The summed E-state index contributed by atoms with van der Waals surface area (Å²) < 4.78 is 5.96. The summed E-state index contributed by atoms with van der Waals surface area (Å²) in [7, 11) is 0. The number of nitrogens with zero attached hydrogens (tertiary/aromatic N) is 5. The van der Waals surface area contributed by atoms with Crippen molar-refractivity contribution in [3.05, 3.63) is 65.8 Å². The van der Waals surface area contributed by atoms with Crippen LogP contribution < -0.4 is 0 Å². The lowest BCUT2D eigenvalue weighted by Crippen LogP contribution is -2.45. The van der Waals surface area contributed by atoms with E-state index in [9.17, 15) is 4.79 Å².